The highest BCUT2D eigenvalue weighted by Crippen LogP contribution is 2.22. The molecule has 2 atom stereocenters. The number of aliphatic hydroxyl groups is 1. The van der Waals surface area contributed by atoms with E-state index in [9.17, 15) is 9.90 Å². The van der Waals surface area contributed by atoms with Crippen LogP contribution in [0.1, 0.15) is 50.1 Å². The highest BCUT2D eigenvalue weighted by molar-refractivity contribution is 7.10. The average molecular weight is 374 g/mol. The summed E-state index contributed by atoms with van der Waals surface area (Å²) in [5.74, 6) is 0.970. The van der Waals surface area contributed by atoms with Crippen LogP contribution < -0.4 is 10.1 Å². The number of hydrogen-bond acceptors (Lipinski definition) is 4. The number of rotatable bonds is 9. The molecule has 0 saturated carbocycles. The highest BCUT2D eigenvalue weighted by atomic mass is 32.1. The van der Waals surface area contributed by atoms with Crippen molar-refractivity contribution in [1.29, 1.82) is 0 Å². The Morgan fingerprint density at radius 1 is 1.27 bits per heavy atom. The lowest BCUT2D eigenvalue weighted by molar-refractivity contribution is -0.116. The Morgan fingerprint density at radius 2 is 2.00 bits per heavy atom. The minimum Gasteiger partial charge on any atom is -0.515 e. The standard InChI is InChI=1S/C21H27NO3S/c1-4-6-15(2)14-25-18-10-8-17(9-11-18)19(13-23)21(24)22-16(3)20-7-5-12-26-20/h5,7-13,15-16,23H,4,6,14H2,1-3H3,(H,22,24)/t15-,16+/m0/s1. The maximum Gasteiger partial charge on any atom is 0.255 e. The van der Waals surface area contributed by atoms with E-state index < -0.39 is 0 Å². The molecule has 2 aromatic rings. The van der Waals surface area contributed by atoms with Crippen LogP contribution in [0.25, 0.3) is 5.57 Å². The van der Waals surface area contributed by atoms with Crippen molar-refractivity contribution in [3.63, 3.8) is 0 Å². The summed E-state index contributed by atoms with van der Waals surface area (Å²) in [4.78, 5) is 13.6. The molecular formula is C21H27NO3S. The molecule has 2 rings (SSSR count). The monoisotopic (exact) mass is 373 g/mol. The van der Waals surface area contributed by atoms with Crippen molar-refractivity contribution in [2.75, 3.05) is 6.61 Å². The molecule has 0 bridgehead atoms. The van der Waals surface area contributed by atoms with Gasteiger partial charge in [0.15, 0.2) is 0 Å². The van der Waals surface area contributed by atoms with Gasteiger partial charge in [-0.3, -0.25) is 4.79 Å². The fraction of sp³-hybridized carbons (Fsp3) is 0.381. The Balaban J connectivity index is 1.97. The molecule has 1 aromatic carbocycles. The van der Waals surface area contributed by atoms with Crippen molar-refractivity contribution in [3.05, 3.63) is 58.5 Å². The molecule has 0 saturated heterocycles. The molecule has 1 amide bonds. The van der Waals surface area contributed by atoms with Gasteiger partial charge in [0.1, 0.15) is 5.75 Å². The van der Waals surface area contributed by atoms with E-state index in [4.69, 9.17) is 4.74 Å². The lowest BCUT2D eigenvalue weighted by atomic mass is 10.1. The molecule has 0 fully saturated rings. The first kappa shape index (κ1) is 20.0. The van der Waals surface area contributed by atoms with Crippen molar-refractivity contribution in [2.45, 2.75) is 39.7 Å². The van der Waals surface area contributed by atoms with Crippen LogP contribution in [0.5, 0.6) is 5.75 Å². The van der Waals surface area contributed by atoms with Gasteiger partial charge < -0.3 is 15.2 Å². The van der Waals surface area contributed by atoms with E-state index in [0.29, 0.717) is 18.1 Å². The summed E-state index contributed by atoms with van der Waals surface area (Å²) in [5, 5.41) is 14.4. The zero-order valence-electron chi connectivity index (χ0n) is 15.6. The van der Waals surface area contributed by atoms with Gasteiger partial charge in [-0.05, 0) is 48.4 Å². The lowest BCUT2D eigenvalue weighted by Crippen LogP contribution is -2.27. The van der Waals surface area contributed by atoms with Gasteiger partial charge >= 0.3 is 0 Å². The van der Waals surface area contributed by atoms with Crippen LogP contribution in [0, 0.1) is 5.92 Å². The summed E-state index contributed by atoms with van der Waals surface area (Å²) in [6, 6.07) is 11.0. The average Bonchev–Trinajstić information content (AvgIpc) is 3.17. The second-order valence-electron chi connectivity index (χ2n) is 6.48. The minimum atomic E-state index is -0.307. The summed E-state index contributed by atoms with van der Waals surface area (Å²) < 4.78 is 5.78. The number of hydrogen-bond donors (Lipinski definition) is 2. The van der Waals surface area contributed by atoms with E-state index in [-0.39, 0.29) is 17.5 Å². The summed E-state index contributed by atoms with van der Waals surface area (Å²) in [6.07, 6.45) is 3.14. The predicted molar refractivity (Wildman–Crippen MR) is 107 cm³/mol. The molecule has 4 nitrogen and oxygen atoms in total. The van der Waals surface area contributed by atoms with Crippen molar-refractivity contribution < 1.29 is 14.6 Å². The Labute approximate surface area is 159 Å². The topological polar surface area (TPSA) is 58.6 Å². The zero-order chi connectivity index (χ0) is 18.9. The third-order valence-corrected chi connectivity index (χ3v) is 5.23. The van der Waals surface area contributed by atoms with Crippen LogP contribution in [0.3, 0.4) is 0 Å². The Morgan fingerprint density at radius 3 is 2.58 bits per heavy atom. The van der Waals surface area contributed by atoms with Crippen LogP contribution in [-0.2, 0) is 4.79 Å². The molecule has 0 aliphatic rings. The second kappa shape index (κ2) is 10.0. The van der Waals surface area contributed by atoms with Crippen molar-refractivity contribution in [3.8, 4) is 5.75 Å². The van der Waals surface area contributed by atoms with Crippen molar-refractivity contribution in [1.82, 2.24) is 5.32 Å². The van der Waals surface area contributed by atoms with Crippen molar-refractivity contribution in [2.24, 2.45) is 5.92 Å². The van der Waals surface area contributed by atoms with E-state index in [2.05, 4.69) is 19.2 Å². The third-order valence-electron chi connectivity index (χ3n) is 4.17. The molecule has 2 N–H and O–H groups in total. The van der Waals surface area contributed by atoms with Crippen LogP contribution in [-0.4, -0.2) is 17.6 Å². The Bertz CT molecular complexity index is 707. The van der Waals surface area contributed by atoms with Crippen LogP contribution >= 0.6 is 11.3 Å². The van der Waals surface area contributed by atoms with Gasteiger partial charge in [-0.15, -0.1) is 11.3 Å². The molecule has 1 aromatic heterocycles. The zero-order valence-corrected chi connectivity index (χ0v) is 16.4. The van der Waals surface area contributed by atoms with E-state index in [1.54, 1.807) is 23.5 Å². The first-order valence-electron chi connectivity index (χ1n) is 8.97. The molecule has 5 heteroatoms. The number of aliphatic hydroxyl groups excluding tert-OH is 1. The Kier molecular flexibility index (Phi) is 7.73. The third kappa shape index (κ3) is 5.63. The molecule has 0 aliphatic carbocycles. The molecule has 1 heterocycles. The number of amides is 1. The lowest BCUT2D eigenvalue weighted by Gasteiger charge is -2.15. The fourth-order valence-electron chi connectivity index (χ4n) is 2.69. The number of carbonyl (C=O) groups is 1. The second-order valence-corrected chi connectivity index (χ2v) is 7.46. The Hall–Kier alpha value is -2.27. The molecule has 0 radical (unpaired) electrons. The number of thiophene rings is 1. The van der Waals surface area contributed by atoms with E-state index in [1.165, 1.54) is 0 Å². The van der Waals surface area contributed by atoms with Crippen LogP contribution in [0.15, 0.2) is 48.0 Å². The molecule has 26 heavy (non-hydrogen) atoms. The molecule has 0 aliphatic heterocycles. The summed E-state index contributed by atoms with van der Waals surface area (Å²) >= 11 is 1.59. The van der Waals surface area contributed by atoms with Gasteiger partial charge in [0.2, 0.25) is 0 Å². The van der Waals surface area contributed by atoms with Gasteiger partial charge in [0, 0.05) is 4.88 Å². The first-order valence-corrected chi connectivity index (χ1v) is 9.85. The quantitative estimate of drug-likeness (QED) is 0.461. The number of carbonyl (C=O) groups excluding carboxylic acids is 1. The summed E-state index contributed by atoms with van der Waals surface area (Å²) in [5.41, 5.74) is 0.886. The van der Waals surface area contributed by atoms with Gasteiger partial charge in [-0.25, -0.2) is 0 Å². The smallest absolute Gasteiger partial charge is 0.255 e. The highest BCUT2D eigenvalue weighted by Gasteiger charge is 2.16. The summed E-state index contributed by atoms with van der Waals surface area (Å²) in [7, 11) is 0. The molecule has 140 valence electrons. The molecule has 0 spiro atoms. The largest absolute Gasteiger partial charge is 0.515 e. The van der Waals surface area contributed by atoms with E-state index in [1.807, 2.05) is 36.6 Å². The fourth-order valence-corrected chi connectivity index (χ4v) is 3.43. The van der Waals surface area contributed by atoms with Crippen LogP contribution in [0.4, 0.5) is 0 Å². The van der Waals surface area contributed by atoms with E-state index >= 15 is 0 Å². The number of benzene rings is 1. The summed E-state index contributed by atoms with van der Waals surface area (Å²) in [6.45, 7) is 6.93. The maximum atomic E-state index is 12.5. The van der Waals surface area contributed by atoms with Gasteiger partial charge in [0.05, 0.1) is 24.5 Å². The van der Waals surface area contributed by atoms with Gasteiger partial charge in [-0.1, -0.05) is 38.5 Å². The van der Waals surface area contributed by atoms with E-state index in [0.717, 1.165) is 29.7 Å². The molecule has 0 unspecified atom stereocenters. The SMILES string of the molecule is CCC[C@H](C)COc1ccc(C(=CO)C(=O)N[C@H](C)c2cccs2)cc1. The van der Waals surface area contributed by atoms with Gasteiger partial charge in [0.25, 0.3) is 5.91 Å². The minimum absolute atomic E-state index is 0.111. The normalized spacial score (nSPS) is 13.9. The van der Waals surface area contributed by atoms with Gasteiger partial charge in [-0.2, -0.15) is 0 Å². The number of ether oxygens (including phenoxy) is 1. The predicted octanol–water partition coefficient (Wildman–Crippen LogP) is 5.34. The molecular weight excluding hydrogens is 346 g/mol. The number of nitrogens with one attached hydrogen (secondary N) is 1. The van der Waals surface area contributed by atoms with Crippen molar-refractivity contribution >= 4 is 22.8 Å². The van der Waals surface area contributed by atoms with Crippen LogP contribution in [0.2, 0.25) is 0 Å². The first-order chi connectivity index (χ1) is 12.5. The maximum absolute atomic E-state index is 12.5.